The Labute approximate surface area is 179 Å². The van der Waals surface area contributed by atoms with Gasteiger partial charge in [-0.15, -0.1) is 0 Å². The Kier molecular flexibility index (Phi) is 6.11. The lowest BCUT2D eigenvalue weighted by atomic mass is 9.75. The lowest BCUT2D eigenvalue weighted by molar-refractivity contribution is -0.140. The molecule has 30 heavy (non-hydrogen) atoms. The number of benzene rings is 1. The molecule has 0 radical (unpaired) electrons. The van der Waals surface area contributed by atoms with Gasteiger partial charge in [0.2, 0.25) is 5.91 Å². The Hall–Kier alpha value is -2.37. The molecule has 3 fully saturated rings. The molecule has 4 rings (SSSR count). The zero-order chi connectivity index (χ0) is 21.1. The van der Waals surface area contributed by atoms with Gasteiger partial charge in [0.25, 0.3) is 5.91 Å². The Bertz CT molecular complexity index is 782. The minimum absolute atomic E-state index is 0.145. The fourth-order valence-corrected chi connectivity index (χ4v) is 5.02. The molecule has 2 saturated carbocycles. The zero-order valence-corrected chi connectivity index (χ0v) is 17.9. The van der Waals surface area contributed by atoms with Crippen LogP contribution in [0.1, 0.15) is 63.9 Å². The number of urea groups is 1. The van der Waals surface area contributed by atoms with E-state index < -0.39 is 11.6 Å². The highest BCUT2D eigenvalue weighted by Crippen LogP contribution is 2.37. The van der Waals surface area contributed by atoms with Crippen molar-refractivity contribution >= 4 is 17.8 Å². The molecule has 0 aromatic heterocycles. The van der Waals surface area contributed by atoms with E-state index in [1.807, 2.05) is 35.2 Å². The summed E-state index contributed by atoms with van der Waals surface area (Å²) in [7, 11) is 0. The number of hydrogen-bond donors (Lipinski definition) is 1. The van der Waals surface area contributed by atoms with E-state index in [1.54, 1.807) is 0 Å². The second-order valence-electron chi connectivity index (χ2n) is 9.31. The van der Waals surface area contributed by atoms with Gasteiger partial charge in [0.15, 0.2) is 0 Å². The Morgan fingerprint density at radius 2 is 1.80 bits per heavy atom. The average molecular weight is 412 g/mol. The van der Waals surface area contributed by atoms with Crippen molar-refractivity contribution < 1.29 is 14.4 Å². The van der Waals surface area contributed by atoms with E-state index in [-0.39, 0.29) is 18.4 Å². The summed E-state index contributed by atoms with van der Waals surface area (Å²) in [5, 5.41) is 2.94. The first kappa shape index (κ1) is 20.9. The molecule has 1 heterocycles. The van der Waals surface area contributed by atoms with Crippen LogP contribution < -0.4 is 5.32 Å². The normalized spacial score (nSPS) is 26.6. The van der Waals surface area contributed by atoms with Crippen molar-refractivity contribution in [2.24, 2.45) is 11.8 Å². The average Bonchev–Trinajstić information content (AvgIpc) is 2.95. The van der Waals surface area contributed by atoms with Gasteiger partial charge in [-0.2, -0.15) is 0 Å². The molecule has 0 unspecified atom stereocenters. The summed E-state index contributed by atoms with van der Waals surface area (Å²) in [6.45, 7) is 3.22. The van der Waals surface area contributed by atoms with Crippen LogP contribution in [-0.4, -0.2) is 46.3 Å². The molecule has 4 amide bonds. The lowest BCUT2D eigenvalue weighted by Gasteiger charge is -2.35. The topological polar surface area (TPSA) is 69.7 Å². The highest BCUT2D eigenvalue weighted by Gasteiger charge is 2.52. The van der Waals surface area contributed by atoms with Gasteiger partial charge in [0.1, 0.15) is 12.1 Å². The third-order valence-corrected chi connectivity index (χ3v) is 7.35. The molecule has 6 heteroatoms. The molecule has 1 aliphatic heterocycles. The molecule has 1 spiro atoms. The molecule has 3 aliphatic rings. The van der Waals surface area contributed by atoms with Crippen molar-refractivity contribution in [3.8, 4) is 0 Å². The number of carbonyl (C=O) groups excluding carboxylic acids is 3. The second kappa shape index (κ2) is 8.78. The van der Waals surface area contributed by atoms with E-state index in [0.717, 1.165) is 42.6 Å². The van der Waals surface area contributed by atoms with Crippen LogP contribution in [0.25, 0.3) is 0 Å². The molecule has 0 bridgehead atoms. The van der Waals surface area contributed by atoms with Gasteiger partial charge in [0, 0.05) is 13.1 Å². The van der Waals surface area contributed by atoms with Crippen molar-refractivity contribution in [2.75, 3.05) is 13.1 Å². The number of nitrogens with zero attached hydrogens (tertiary/aromatic N) is 2. The Morgan fingerprint density at radius 1 is 1.10 bits per heavy atom. The van der Waals surface area contributed by atoms with E-state index in [4.69, 9.17) is 0 Å². The first-order valence-electron chi connectivity index (χ1n) is 11.5. The van der Waals surface area contributed by atoms with Crippen LogP contribution >= 0.6 is 0 Å². The Balaban J connectivity index is 1.43. The molecule has 1 N–H and O–H groups in total. The molecule has 2 aliphatic carbocycles. The highest BCUT2D eigenvalue weighted by atomic mass is 16.2. The van der Waals surface area contributed by atoms with Gasteiger partial charge in [-0.05, 0) is 55.9 Å². The van der Waals surface area contributed by atoms with Gasteiger partial charge in [-0.3, -0.25) is 14.5 Å². The van der Waals surface area contributed by atoms with Gasteiger partial charge in [-0.25, -0.2) is 4.79 Å². The Morgan fingerprint density at radius 3 is 2.40 bits per heavy atom. The number of carbonyl (C=O) groups is 3. The maximum Gasteiger partial charge on any atom is 0.325 e. The molecule has 1 aromatic rings. The summed E-state index contributed by atoms with van der Waals surface area (Å²) in [6.07, 6.45) is 7.86. The van der Waals surface area contributed by atoms with Crippen molar-refractivity contribution in [3.05, 3.63) is 35.9 Å². The van der Waals surface area contributed by atoms with Crippen LogP contribution in [0.15, 0.2) is 30.3 Å². The summed E-state index contributed by atoms with van der Waals surface area (Å²) < 4.78 is 0. The zero-order valence-electron chi connectivity index (χ0n) is 17.9. The van der Waals surface area contributed by atoms with Gasteiger partial charge < -0.3 is 10.2 Å². The summed E-state index contributed by atoms with van der Waals surface area (Å²) >= 11 is 0. The first-order valence-corrected chi connectivity index (χ1v) is 11.5. The molecule has 162 valence electrons. The number of rotatable bonds is 7. The van der Waals surface area contributed by atoms with E-state index in [9.17, 15) is 14.4 Å². The van der Waals surface area contributed by atoms with Crippen LogP contribution in [-0.2, 0) is 16.1 Å². The standard InChI is InChI=1S/C24H33N3O3/c1-2-18-11-13-24(14-12-18)22(29)27(23(30)25-24)17-21(28)26(16-20-9-6-10-20)15-19-7-4-3-5-8-19/h3-5,7-8,18,20H,2,6,9-17H2,1H3,(H,25,30). The predicted molar refractivity (Wildman–Crippen MR) is 114 cm³/mol. The summed E-state index contributed by atoms with van der Waals surface area (Å²) in [6, 6.07) is 9.50. The third kappa shape index (κ3) is 4.23. The fourth-order valence-electron chi connectivity index (χ4n) is 5.02. The molecule has 1 saturated heterocycles. The monoisotopic (exact) mass is 411 g/mol. The molecule has 6 nitrogen and oxygen atoms in total. The smallest absolute Gasteiger partial charge is 0.325 e. The highest BCUT2D eigenvalue weighted by molar-refractivity contribution is 6.09. The van der Waals surface area contributed by atoms with Gasteiger partial charge >= 0.3 is 6.03 Å². The molecular weight excluding hydrogens is 378 g/mol. The number of amides is 4. The number of hydrogen-bond acceptors (Lipinski definition) is 3. The fraction of sp³-hybridized carbons (Fsp3) is 0.625. The van der Waals surface area contributed by atoms with Crippen LogP contribution in [0.3, 0.4) is 0 Å². The van der Waals surface area contributed by atoms with E-state index in [2.05, 4.69) is 12.2 Å². The van der Waals surface area contributed by atoms with E-state index >= 15 is 0 Å². The van der Waals surface area contributed by atoms with Crippen molar-refractivity contribution in [1.29, 1.82) is 0 Å². The van der Waals surface area contributed by atoms with E-state index in [1.165, 1.54) is 6.42 Å². The van der Waals surface area contributed by atoms with Crippen LogP contribution in [0.5, 0.6) is 0 Å². The largest absolute Gasteiger partial charge is 0.337 e. The maximum atomic E-state index is 13.2. The third-order valence-electron chi connectivity index (χ3n) is 7.35. The summed E-state index contributed by atoms with van der Waals surface area (Å²) in [5.74, 6) is 0.795. The van der Waals surface area contributed by atoms with Crippen molar-refractivity contribution in [3.63, 3.8) is 0 Å². The quantitative estimate of drug-likeness (QED) is 0.696. The van der Waals surface area contributed by atoms with Gasteiger partial charge in [0.05, 0.1) is 0 Å². The first-order chi connectivity index (χ1) is 14.5. The van der Waals surface area contributed by atoms with Crippen LogP contribution in [0.4, 0.5) is 4.79 Å². The molecule has 1 aromatic carbocycles. The summed E-state index contributed by atoms with van der Waals surface area (Å²) in [5.41, 5.74) is 0.276. The minimum atomic E-state index is -0.790. The van der Waals surface area contributed by atoms with E-state index in [0.29, 0.717) is 37.8 Å². The number of imide groups is 1. The maximum absolute atomic E-state index is 13.2. The van der Waals surface area contributed by atoms with Crippen LogP contribution in [0, 0.1) is 11.8 Å². The predicted octanol–water partition coefficient (Wildman–Crippen LogP) is 3.71. The summed E-state index contributed by atoms with van der Waals surface area (Å²) in [4.78, 5) is 42.0. The van der Waals surface area contributed by atoms with Crippen molar-refractivity contribution in [1.82, 2.24) is 15.1 Å². The molecular formula is C24H33N3O3. The van der Waals surface area contributed by atoms with Crippen molar-refractivity contribution in [2.45, 2.75) is 70.4 Å². The SMILES string of the molecule is CCC1CCC2(CC1)NC(=O)N(CC(=O)N(Cc1ccccc1)CC1CCC1)C2=O. The lowest BCUT2D eigenvalue weighted by Crippen LogP contribution is -2.50. The molecule has 0 atom stereocenters. The number of nitrogens with one attached hydrogen (secondary N) is 1. The van der Waals surface area contributed by atoms with Gasteiger partial charge in [-0.1, -0.05) is 50.1 Å². The minimum Gasteiger partial charge on any atom is -0.337 e. The second-order valence-corrected chi connectivity index (χ2v) is 9.31. The van der Waals surface area contributed by atoms with Crippen LogP contribution in [0.2, 0.25) is 0 Å².